The summed E-state index contributed by atoms with van der Waals surface area (Å²) in [5.41, 5.74) is 2.25. The van der Waals surface area contributed by atoms with Crippen molar-refractivity contribution in [3.63, 3.8) is 0 Å². The van der Waals surface area contributed by atoms with Crippen molar-refractivity contribution in [2.24, 2.45) is 0 Å². The van der Waals surface area contributed by atoms with Crippen LogP contribution in [0.25, 0.3) is 0 Å². The lowest BCUT2D eigenvalue weighted by molar-refractivity contribution is 0.276. The van der Waals surface area contributed by atoms with E-state index in [0.717, 1.165) is 17.9 Å². The van der Waals surface area contributed by atoms with Crippen LogP contribution >= 0.6 is 0 Å². The standard InChI is InChI=1S/C14H17NO2/c1-11(12-5-3-2-4-6-12)9-13-10-14(7-8-16)17-15-13/h2-6,10-11,16H,7-9H2,1H3. The fourth-order valence-corrected chi connectivity index (χ4v) is 1.89. The van der Waals surface area contributed by atoms with E-state index < -0.39 is 0 Å². The highest BCUT2D eigenvalue weighted by atomic mass is 16.5. The molecule has 0 aliphatic carbocycles. The van der Waals surface area contributed by atoms with Gasteiger partial charge in [0.15, 0.2) is 0 Å². The number of nitrogens with zero attached hydrogens (tertiary/aromatic N) is 1. The fourth-order valence-electron chi connectivity index (χ4n) is 1.89. The average molecular weight is 231 g/mol. The van der Waals surface area contributed by atoms with Crippen LogP contribution in [0.5, 0.6) is 0 Å². The van der Waals surface area contributed by atoms with Gasteiger partial charge in [-0.1, -0.05) is 42.4 Å². The fraction of sp³-hybridized carbons (Fsp3) is 0.357. The minimum atomic E-state index is 0.100. The Labute approximate surface area is 101 Å². The lowest BCUT2D eigenvalue weighted by Gasteiger charge is -2.08. The monoisotopic (exact) mass is 231 g/mol. The van der Waals surface area contributed by atoms with Gasteiger partial charge in [0.05, 0.1) is 12.3 Å². The van der Waals surface area contributed by atoms with Crippen LogP contribution in [-0.4, -0.2) is 16.9 Å². The summed E-state index contributed by atoms with van der Waals surface area (Å²) >= 11 is 0. The number of aliphatic hydroxyl groups is 1. The largest absolute Gasteiger partial charge is 0.396 e. The molecule has 0 saturated heterocycles. The second kappa shape index (κ2) is 5.64. The van der Waals surface area contributed by atoms with Gasteiger partial charge < -0.3 is 9.63 Å². The Kier molecular flexibility index (Phi) is 3.94. The summed E-state index contributed by atoms with van der Waals surface area (Å²) in [5, 5.41) is 12.8. The van der Waals surface area contributed by atoms with Crippen LogP contribution in [0.1, 0.15) is 29.9 Å². The number of benzene rings is 1. The predicted molar refractivity (Wildman–Crippen MR) is 65.9 cm³/mol. The van der Waals surface area contributed by atoms with Gasteiger partial charge in [-0.15, -0.1) is 0 Å². The molecule has 0 saturated carbocycles. The van der Waals surface area contributed by atoms with Gasteiger partial charge in [-0.25, -0.2) is 0 Å². The minimum Gasteiger partial charge on any atom is -0.396 e. The van der Waals surface area contributed by atoms with E-state index in [0.29, 0.717) is 12.3 Å². The van der Waals surface area contributed by atoms with E-state index in [1.165, 1.54) is 5.56 Å². The molecule has 0 bridgehead atoms. The van der Waals surface area contributed by atoms with E-state index in [-0.39, 0.29) is 6.61 Å². The highest BCUT2D eigenvalue weighted by Crippen LogP contribution is 2.19. The van der Waals surface area contributed by atoms with Gasteiger partial charge in [0, 0.05) is 12.5 Å². The molecule has 1 atom stereocenters. The molecule has 90 valence electrons. The molecule has 1 unspecified atom stereocenters. The summed E-state index contributed by atoms with van der Waals surface area (Å²) in [4.78, 5) is 0. The van der Waals surface area contributed by atoms with Crippen molar-refractivity contribution >= 4 is 0 Å². The van der Waals surface area contributed by atoms with Gasteiger partial charge in [-0.05, 0) is 17.9 Å². The summed E-state index contributed by atoms with van der Waals surface area (Å²) in [5.74, 6) is 1.17. The van der Waals surface area contributed by atoms with Gasteiger partial charge in [-0.3, -0.25) is 0 Å². The molecule has 17 heavy (non-hydrogen) atoms. The van der Waals surface area contributed by atoms with Crippen molar-refractivity contribution < 1.29 is 9.63 Å². The highest BCUT2D eigenvalue weighted by Gasteiger charge is 2.10. The predicted octanol–water partition coefficient (Wildman–Crippen LogP) is 2.56. The molecule has 3 nitrogen and oxygen atoms in total. The highest BCUT2D eigenvalue weighted by molar-refractivity contribution is 5.21. The number of aromatic nitrogens is 1. The molecule has 3 heteroatoms. The molecule has 0 spiro atoms. The molecule has 0 aliphatic heterocycles. The van der Waals surface area contributed by atoms with Crippen LogP contribution in [0, 0.1) is 0 Å². The number of hydrogen-bond donors (Lipinski definition) is 1. The first-order valence-electron chi connectivity index (χ1n) is 5.90. The van der Waals surface area contributed by atoms with E-state index in [2.05, 4.69) is 24.2 Å². The third kappa shape index (κ3) is 3.17. The molecule has 0 aliphatic rings. The van der Waals surface area contributed by atoms with Crippen LogP contribution in [0.15, 0.2) is 40.9 Å². The van der Waals surface area contributed by atoms with Crippen LogP contribution in [0.4, 0.5) is 0 Å². The van der Waals surface area contributed by atoms with Gasteiger partial charge in [-0.2, -0.15) is 0 Å². The lowest BCUT2D eigenvalue weighted by atomic mass is 9.96. The Bertz CT molecular complexity index is 450. The molecular weight excluding hydrogens is 214 g/mol. The van der Waals surface area contributed by atoms with Crippen LogP contribution in [0.3, 0.4) is 0 Å². The van der Waals surface area contributed by atoms with E-state index in [9.17, 15) is 0 Å². The molecular formula is C14H17NO2. The summed E-state index contributed by atoms with van der Waals surface area (Å²) in [6, 6.07) is 12.3. The van der Waals surface area contributed by atoms with Crippen LogP contribution in [0.2, 0.25) is 0 Å². The molecule has 1 heterocycles. The second-order valence-corrected chi connectivity index (χ2v) is 4.27. The number of hydrogen-bond acceptors (Lipinski definition) is 3. The maximum Gasteiger partial charge on any atom is 0.139 e. The Morgan fingerprint density at radius 1 is 1.29 bits per heavy atom. The molecule has 0 fully saturated rings. The van der Waals surface area contributed by atoms with Gasteiger partial charge in [0.25, 0.3) is 0 Å². The van der Waals surface area contributed by atoms with Gasteiger partial charge in [0.1, 0.15) is 5.76 Å². The van der Waals surface area contributed by atoms with E-state index in [1.807, 2.05) is 24.3 Å². The summed E-state index contributed by atoms with van der Waals surface area (Å²) in [6.07, 6.45) is 1.39. The second-order valence-electron chi connectivity index (χ2n) is 4.27. The quantitative estimate of drug-likeness (QED) is 0.860. The summed E-state index contributed by atoms with van der Waals surface area (Å²) < 4.78 is 5.13. The normalized spacial score (nSPS) is 12.6. The zero-order chi connectivity index (χ0) is 12.1. The zero-order valence-corrected chi connectivity index (χ0v) is 9.97. The van der Waals surface area contributed by atoms with E-state index in [4.69, 9.17) is 9.63 Å². The Morgan fingerprint density at radius 3 is 2.76 bits per heavy atom. The van der Waals surface area contributed by atoms with E-state index >= 15 is 0 Å². The maximum absolute atomic E-state index is 8.80. The third-order valence-electron chi connectivity index (χ3n) is 2.85. The topological polar surface area (TPSA) is 46.3 Å². The average Bonchev–Trinajstić information content (AvgIpc) is 2.78. The Balaban J connectivity index is 2.00. The maximum atomic E-state index is 8.80. The molecule has 1 aromatic heterocycles. The minimum absolute atomic E-state index is 0.100. The molecule has 0 amide bonds. The molecule has 2 aromatic rings. The smallest absolute Gasteiger partial charge is 0.139 e. The number of rotatable bonds is 5. The molecule has 2 rings (SSSR count). The molecule has 1 N–H and O–H groups in total. The number of aliphatic hydroxyl groups excluding tert-OH is 1. The first-order valence-corrected chi connectivity index (χ1v) is 5.90. The SMILES string of the molecule is CC(Cc1cc(CCO)on1)c1ccccc1. The van der Waals surface area contributed by atoms with Crippen molar-refractivity contribution in [3.8, 4) is 0 Å². The van der Waals surface area contributed by atoms with Crippen molar-refractivity contribution in [1.82, 2.24) is 5.16 Å². The van der Waals surface area contributed by atoms with Gasteiger partial charge >= 0.3 is 0 Å². The van der Waals surface area contributed by atoms with Crippen molar-refractivity contribution in [2.45, 2.75) is 25.7 Å². The molecule has 1 aromatic carbocycles. The van der Waals surface area contributed by atoms with E-state index in [1.54, 1.807) is 0 Å². The first kappa shape index (κ1) is 11.9. The zero-order valence-electron chi connectivity index (χ0n) is 9.97. The first-order chi connectivity index (χ1) is 8.29. The van der Waals surface area contributed by atoms with Crippen molar-refractivity contribution in [2.75, 3.05) is 6.61 Å². The Morgan fingerprint density at radius 2 is 2.06 bits per heavy atom. The molecule has 0 radical (unpaired) electrons. The van der Waals surface area contributed by atoms with Crippen LogP contribution in [-0.2, 0) is 12.8 Å². The third-order valence-corrected chi connectivity index (χ3v) is 2.85. The lowest BCUT2D eigenvalue weighted by Crippen LogP contribution is -1.98. The van der Waals surface area contributed by atoms with Crippen molar-refractivity contribution in [3.05, 3.63) is 53.4 Å². The summed E-state index contributed by atoms with van der Waals surface area (Å²) in [7, 11) is 0. The summed E-state index contributed by atoms with van der Waals surface area (Å²) in [6.45, 7) is 2.28. The van der Waals surface area contributed by atoms with Crippen LogP contribution < -0.4 is 0 Å². The van der Waals surface area contributed by atoms with Crippen molar-refractivity contribution in [1.29, 1.82) is 0 Å². The van der Waals surface area contributed by atoms with Gasteiger partial charge in [0.2, 0.25) is 0 Å². The Hall–Kier alpha value is -1.61.